The molecule has 1 amide bonds. The van der Waals surface area contributed by atoms with Crippen LogP contribution in [0.15, 0.2) is 12.1 Å². The molecule has 7 heteroatoms. The summed E-state index contributed by atoms with van der Waals surface area (Å²) in [5.41, 5.74) is 6.40. The quantitative estimate of drug-likeness (QED) is 0.692. The Hall–Kier alpha value is -1.66. The topological polar surface area (TPSA) is 105 Å². The van der Waals surface area contributed by atoms with Crippen LogP contribution in [0.4, 0.5) is 5.69 Å². The minimum absolute atomic E-state index is 0.315. The maximum absolute atomic E-state index is 11.5. The van der Waals surface area contributed by atoms with Gasteiger partial charge in [0.15, 0.2) is 0 Å². The van der Waals surface area contributed by atoms with Crippen molar-refractivity contribution in [3.8, 4) is 0 Å². The van der Waals surface area contributed by atoms with Gasteiger partial charge in [-0.05, 0) is 19.1 Å². The molecule has 0 saturated carbocycles. The molecule has 0 saturated heterocycles. The summed E-state index contributed by atoms with van der Waals surface area (Å²) in [4.78, 5) is 25.9. The zero-order chi connectivity index (χ0) is 13.0. The first-order valence-electron chi connectivity index (χ1n) is 4.81. The number of aliphatic carboxylic acids is 1. The van der Waals surface area contributed by atoms with Crippen molar-refractivity contribution in [1.82, 2.24) is 4.98 Å². The number of nitrogens with one attached hydrogen (secondary N) is 1. The molecule has 1 atom stereocenters. The van der Waals surface area contributed by atoms with Crippen LogP contribution in [0.2, 0.25) is 5.15 Å². The van der Waals surface area contributed by atoms with Gasteiger partial charge >= 0.3 is 5.97 Å². The van der Waals surface area contributed by atoms with E-state index in [1.165, 1.54) is 6.07 Å². The standard InChI is InChI=1S/C10H12ClN3O3/c1-5-7(2-3-8(11)13-5)14-10(17)6(12)4-9(15)16/h2-3,6H,4,12H2,1H3,(H,14,17)(H,15,16). The van der Waals surface area contributed by atoms with E-state index < -0.39 is 24.3 Å². The molecule has 0 spiro atoms. The van der Waals surface area contributed by atoms with Crippen LogP contribution in [-0.4, -0.2) is 28.0 Å². The average molecular weight is 258 g/mol. The van der Waals surface area contributed by atoms with Crippen LogP contribution >= 0.6 is 11.6 Å². The molecule has 1 rings (SSSR count). The Kier molecular flexibility index (Phi) is 4.42. The van der Waals surface area contributed by atoms with Crippen molar-refractivity contribution in [1.29, 1.82) is 0 Å². The fraction of sp³-hybridized carbons (Fsp3) is 0.300. The maximum Gasteiger partial charge on any atom is 0.305 e. The molecule has 0 aliphatic carbocycles. The van der Waals surface area contributed by atoms with Crippen LogP contribution in [-0.2, 0) is 9.59 Å². The number of halogens is 1. The molecular weight excluding hydrogens is 246 g/mol. The fourth-order valence-electron chi connectivity index (χ4n) is 1.17. The van der Waals surface area contributed by atoms with Crippen LogP contribution in [0.3, 0.4) is 0 Å². The molecule has 6 nitrogen and oxygen atoms in total. The lowest BCUT2D eigenvalue weighted by atomic mass is 10.2. The van der Waals surface area contributed by atoms with E-state index in [0.29, 0.717) is 16.5 Å². The van der Waals surface area contributed by atoms with E-state index in [-0.39, 0.29) is 0 Å². The van der Waals surface area contributed by atoms with Crippen molar-refractivity contribution < 1.29 is 14.7 Å². The van der Waals surface area contributed by atoms with Crippen LogP contribution in [0.5, 0.6) is 0 Å². The molecule has 1 aromatic heterocycles. The van der Waals surface area contributed by atoms with Gasteiger partial charge in [-0.3, -0.25) is 9.59 Å². The Morgan fingerprint density at radius 1 is 1.59 bits per heavy atom. The predicted octanol–water partition coefficient (Wildman–Crippen LogP) is 0.784. The summed E-state index contributed by atoms with van der Waals surface area (Å²) in [5.74, 6) is -1.70. The number of carbonyl (C=O) groups excluding carboxylic acids is 1. The van der Waals surface area contributed by atoms with E-state index >= 15 is 0 Å². The minimum Gasteiger partial charge on any atom is -0.481 e. The monoisotopic (exact) mass is 257 g/mol. The summed E-state index contributed by atoms with van der Waals surface area (Å²) in [6.45, 7) is 1.67. The molecule has 1 heterocycles. The molecule has 0 aromatic carbocycles. The minimum atomic E-state index is -1.13. The largest absolute Gasteiger partial charge is 0.481 e. The van der Waals surface area contributed by atoms with Crippen molar-refractivity contribution in [2.24, 2.45) is 5.73 Å². The first kappa shape index (κ1) is 13.4. The number of aryl methyl sites for hydroxylation is 1. The summed E-state index contributed by atoms with van der Waals surface area (Å²) in [7, 11) is 0. The van der Waals surface area contributed by atoms with Gasteiger partial charge in [0.1, 0.15) is 5.15 Å². The van der Waals surface area contributed by atoms with Gasteiger partial charge in [-0.15, -0.1) is 0 Å². The highest BCUT2D eigenvalue weighted by atomic mass is 35.5. The van der Waals surface area contributed by atoms with Gasteiger partial charge in [-0.2, -0.15) is 0 Å². The third-order valence-corrected chi connectivity index (χ3v) is 2.25. The number of aromatic nitrogens is 1. The summed E-state index contributed by atoms with van der Waals surface area (Å²) in [5, 5.41) is 11.3. The Morgan fingerprint density at radius 2 is 2.24 bits per heavy atom. The number of carboxylic acids is 1. The highest BCUT2D eigenvalue weighted by Gasteiger charge is 2.17. The van der Waals surface area contributed by atoms with E-state index in [1.54, 1.807) is 13.0 Å². The van der Waals surface area contributed by atoms with Crippen molar-refractivity contribution in [2.45, 2.75) is 19.4 Å². The Labute approximate surface area is 103 Å². The molecule has 0 radical (unpaired) electrons. The molecule has 4 N–H and O–H groups in total. The number of amides is 1. The first-order valence-corrected chi connectivity index (χ1v) is 5.19. The second-order valence-electron chi connectivity index (χ2n) is 3.46. The molecule has 0 aliphatic heterocycles. The zero-order valence-electron chi connectivity index (χ0n) is 9.11. The number of pyridine rings is 1. The van der Waals surface area contributed by atoms with Crippen molar-refractivity contribution >= 4 is 29.2 Å². The lowest BCUT2D eigenvalue weighted by Gasteiger charge is -2.11. The number of nitrogens with two attached hydrogens (primary N) is 1. The van der Waals surface area contributed by atoms with Crippen LogP contribution in [0.25, 0.3) is 0 Å². The number of hydrogen-bond donors (Lipinski definition) is 3. The maximum atomic E-state index is 11.5. The molecule has 0 fully saturated rings. The van der Waals surface area contributed by atoms with E-state index in [2.05, 4.69) is 10.3 Å². The highest BCUT2D eigenvalue weighted by Crippen LogP contribution is 2.15. The van der Waals surface area contributed by atoms with Gasteiger partial charge in [0.2, 0.25) is 5.91 Å². The fourth-order valence-corrected chi connectivity index (χ4v) is 1.36. The number of carboxylic acid groups (broad SMARTS) is 1. The lowest BCUT2D eigenvalue weighted by molar-refractivity contribution is -0.138. The lowest BCUT2D eigenvalue weighted by Crippen LogP contribution is -2.37. The predicted molar refractivity (Wildman–Crippen MR) is 62.8 cm³/mol. The third kappa shape index (κ3) is 4.01. The number of anilines is 1. The van der Waals surface area contributed by atoms with Crippen molar-refractivity contribution in [3.05, 3.63) is 23.0 Å². The molecular formula is C10H12ClN3O3. The summed E-state index contributed by atoms with van der Waals surface area (Å²) in [6.07, 6.45) is -0.425. The van der Waals surface area contributed by atoms with Gasteiger partial charge < -0.3 is 16.2 Å². The second kappa shape index (κ2) is 5.60. The molecule has 1 aromatic rings. The average Bonchev–Trinajstić information content (AvgIpc) is 2.21. The molecule has 1 unspecified atom stereocenters. The Bertz CT molecular complexity index is 450. The van der Waals surface area contributed by atoms with Crippen molar-refractivity contribution in [2.75, 3.05) is 5.32 Å². The SMILES string of the molecule is Cc1nc(Cl)ccc1NC(=O)C(N)CC(=O)O. The van der Waals surface area contributed by atoms with Crippen LogP contribution < -0.4 is 11.1 Å². The number of nitrogens with zero attached hydrogens (tertiary/aromatic N) is 1. The number of hydrogen-bond acceptors (Lipinski definition) is 4. The number of rotatable bonds is 4. The number of carbonyl (C=O) groups is 2. The van der Waals surface area contributed by atoms with Gasteiger partial charge in [0.05, 0.1) is 23.8 Å². The first-order chi connectivity index (χ1) is 7.90. The van der Waals surface area contributed by atoms with Crippen LogP contribution in [0, 0.1) is 6.92 Å². The summed E-state index contributed by atoms with van der Waals surface area (Å²) in [6, 6.07) is 2.01. The normalized spacial score (nSPS) is 11.9. The van der Waals surface area contributed by atoms with Crippen molar-refractivity contribution in [3.63, 3.8) is 0 Å². The van der Waals surface area contributed by atoms with Gasteiger partial charge in [0.25, 0.3) is 0 Å². The summed E-state index contributed by atoms with van der Waals surface area (Å²) < 4.78 is 0. The van der Waals surface area contributed by atoms with E-state index in [9.17, 15) is 9.59 Å². The van der Waals surface area contributed by atoms with Gasteiger partial charge in [-0.1, -0.05) is 11.6 Å². The van der Waals surface area contributed by atoms with Gasteiger partial charge in [-0.25, -0.2) is 4.98 Å². The van der Waals surface area contributed by atoms with E-state index in [1.807, 2.05) is 0 Å². The van der Waals surface area contributed by atoms with Gasteiger partial charge in [0, 0.05) is 0 Å². The summed E-state index contributed by atoms with van der Waals surface area (Å²) >= 11 is 5.66. The molecule has 17 heavy (non-hydrogen) atoms. The highest BCUT2D eigenvalue weighted by molar-refractivity contribution is 6.29. The van der Waals surface area contributed by atoms with E-state index in [4.69, 9.17) is 22.4 Å². The molecule has 0 bridgehead atoms. The smallest absolute Gasteiger partial charge is 0.305 e. The van der Waals surface area contributed by atoms with Crippen LogP contribution in [0.1, 0.15) is 12.1 Å². The second-order valence-corrected chi connectivity index (χ2v) is 3.85. The molecule has 0 aliphatic rings. The zero-order valence-corrected chi connectivity index (χ0v) is 9.86. The third-order valence-electron chi connectivity index (χ3n) is 2.04. The molecule has 92 valence electrons. The Balaban J connectivity index is 2.71. The van der Waals surface area contributed by atoms with E-state index in [0.717, 1.165) is 0 Å². The Morgan fingerprint density at radius 3 is 2.76 bits per heavy atom.